The highest BCUT2D eigenvalue weighted by atomic mass is 16.2. The maximum atomic E-state index is 11.3. The van der Waals surface area contributed by atoms with Crippen LogP contribution in [-0.4, -0.2) is 12.6 Å². The Labute approximate surface area is 90.9 Å². The number of nitrogens with two attached hydrogens (primary N) is 1. The van der Waals surface area contributed by atoms with Crippen molar-refractivity contribution >= 4 is 11.7 Å². The number of carbonyl (C=O) groups excluding carboxylic acids is 1. The summed E-state index contributed by atoms with van der Waals surface area (Å²) in [4.78, 5) is 12.9. The molecule has 1 rings (SSSR count). The van der Waals surface area contributed by atoms with Crippen molar-refractivity contribution in [3.63, 3.8) is 0 Å². The van der Waals surface area contributed by atoms with Crippen LogP contribution in [-0.2, 0) is 0 Å². The maximum absolute atomic E-state index is 11.3. The van der Waals surface area contributed by atoms with Crippen LogP contribution < -0.4 is 10.6 Å². The van der Waals surface area contributed by atoms with Crippen molar-refractivity contribution in [1.29, 1.82) is 0 Å². The third kappa shape index (κ3) is 3.27. The number of rotatable bonds is 4. The van der Waals surface area contributed by atoms with E-state index in [9.17, 15) is 4.79 Å². The number of unbranched alkanes of at least 4 members (excludes halogenated alkanes) is 1. The largest absolute Gasteiger partial charge is 0.351 e. The van der Waals surface area contributed by atoms with E-state index in [-0.39, 0.29) is 6.03 Å². The molecule has 3 heteroatoms. The fourth-order valence-corrected chi connectivity index (χ4v) is 1.48. The summed E-state index contributed by atoms with van der Waals surface area (Å²) in [6, 6.07) is 7.44. The van der Waals surface area contributed by atoms with E-state index in [4.69, 9.17) is 5.73 Å². The zero-order chi connectivity index (χ0) is 11.3. The Morgan fingerprint density at radius 2 is 2.20 bits per heavy atom. The predicted octanol–water partition coefficient (Wildman–Crippen LogP) is 2.68. The lowest BCUT2D eigenvalue weighted by Crippen LogP contribution is -2.36. The Morgan fingerprint density at radius 3 is 2.73 bits per heavy atom. The second-order valence-corrected chi connectivity index (χ2v) is 3.68. The summed E-state index contributed by atoms with van der Waals surface area (Å²) < 4.78 is 0. The molecule has 0 saturated heterocycles. The third-order valence-corrected chi connectivity index (χ3v) is 2.31. The molecular formula is C12H18N2O. The Hall–Kier alpha value is -1.51. The van der Waals surface area contributed by atoms with Crippen LogP contribution in [0.4, 0.5) is 10.5 Å². The van der Waals surface area contributed by atoms with Gasteiger partial charge in [-0.15, -0.1) is 0 Å². The van der Waals surface area contributed by atoms with Crippen molar-refractivity contribution in [2.75, 3.05) is 11.4 Å². The van der Waals surface area contributed by atoms with Crippen molar-refractivity contribution in [3.05, 3.63) is 29.8 Å². The van der Waals surface area contributed by atoms with Gasteiger partial charge in [-0.3, -0.25) is 4.90 Å². The van der Waals surface area contributed by atoms with Gasteiger partial charge in [0.15, 0.2) is 0 Å². The molecule has 2 amide bonds. The minimum Gasteiger partial charge on any atom is -0.351 e. The Bertz CT molecular complexity index is 336. The Morgan fingerprint density at radius 1 is 1.47 bits per heavy atom. The van der Waals surface area contributed by atoms with Gasteiger partial charge in [0.2, 0.25) is 0 Å². The molecule has 3 nitrogen and oxygen atoms in total. The fraction of sp³-hybridized carbons (Fsp3) is 0.417. The molecule has 0 aliphatic rings. The molecule has 0 unspecified atom stereocenters. The average molecular weight is 206 g/mol. The number of hydrogen-bond donors (Lipinski definition) is 1. The van der Waals surface area contributed by atoms with Gasteiger partial charge < -0.3 is 5.73 Å². The molecule has 0 aliphatic heterocycles. The van der Waals surface area contributed by atoms with Gasteiger partial charge in [-0.05, 0) is 31.0 Å². The van der Waals surface area contributed by atoms with Crippen molar-refractivity contribution in [2.45, 2.75) is 26.7 Å². The lowest BCUT2D eigenvalue weighted by molar-refractivity contribution is 0.254. The summed E-state index contributed by atoms with van der Waals surface area (Å²) in [5.41, 5.74) is 7.37. The summed E-state index contributed by atoms with van der Waals surface area (Å²) in [7, 11) is 0. The molecule has 1 aromatic rings. The van der Waals surface area contributed by atoms with E-state index in [1.54, 1.807) is 4.90 Å². The average Bonchev–Trinajstić information content (AvgIpc) is 2.18. The second kappa shape index (κ2) is 5.39. The SMILES string of the molecule is CCCCN(C(N)=O)c1cccc(C)c1. The normalized spacial score (nSPS) is 10.0. The number of urea groups is 1. The minimum atomic E-state index is -0.381. The quantitative estimate of drug-likeness (QED) is 0.808. The molecule has 0 radical (unpaired) electrons. The highest BCUT2D eigenvalue weighted by molar-refractivity contribution is 5.90. The summed E-state index contributed by atoms with van der Waals surface area (Å²) in [6.07, 6.45) is 2.02. The van der Waals surface area contributed by atoms with E-state index >= 15 is 0 Å². The fourth-order valence-electron chi connectivity index (χ4n) is 1.48. The smallest absolute Gasteiger partial charge is 0.319 e. The molecule has 0 fully saturated rings. The number of anilines is 1. The van der Waals surface area contributed by atoms with Crippen LogP contribution in [0.2, 0.25) is 0 Å². The van der Waals surface area contributed by atoms with E-state index < -0.39 is 0 Å². The molecule has 2 N–H and O–H groups in total. The van der Waals surface area contributed by atoms with Gasteiger partial charge in [0.1, 0.15) is 0 Å². The van der Waals surface area contributed by atoms with Gasteiger partial charge in [-0.2, -0.15) is 0 Å². The first-order valence-corrected chi connectivity index (χ1v) is 5.28. The minimum absolute atomic E-state index is 0.381. The molecule has 0 atom stereocenters. The molecule has 0 bridgehead atoms. The summed E-state index contributed by atoms with van der Waals surface area (Å²) in [5.74, 6) is 0. The zero-order valence-electron chi connectivity index (χ0n) is 9.36. The second-order valence-electron chi connectivity index (χ2n) is 3.68. The molecule has 0 spiro atoms. The summed E-state index contributed by atoms with van der Waals surface area (Å²) in [6.45, 7) is 4.78. The third-order valence-electron chi connectivity index (χ3n) is 2.31. The molecule has 1 aromatic carbocycles. The number of primary amides is 1. The molecule has 15 heavy (non-hydrogen) atoms. The molecule has 0 aromatic heterocycles. The van der Waals surface area contributed by atoms with Gasteiger partial charge in [0, 0.05) is 12.2 Å². The maximum Gasteiger partial charge on any atom is 0.319 e. The van der Waals surface area contributed by atoms with E-state index in [1.165, 1.54) is 0 Å². The van der Waals surface area contributed by atoms with Crippen LogP contribution in [0, 0.1) is 6.92 Å². The van der Waals surface area contributed by atoms with Gasteiger partial charge in [0.05, 0.1) is 0 Å². The number of carbonyl (C=O) groups is 1. The number of aryl methyl sites for hydroxylation is 1. The first-order chi connectivity index (χ1) is 7.15. The number of benzene rings is 1. The van der Waals surface area contributed by atoms with Crippen molar-refractivity contribution < 1.29 is 4.79 Å². The zero-order valence-corrected chi connectivity index (χ0v) is 9.36. The van der Waals surface area contributed by atoms with E-state index in [0.717, 1.165) is 24.1 Å². The Balaban J connectivity index is 2.84. The van der Waals surface area contributed by atoms with Crippen LogP contribution in [0.25, 0.3) is 0 Å². The van der Waals surface area contributed by atoms with Crippen LogP contribution in [0.3, 0.4) is 0 Å². The van der Waals surface area contributed by atoms with Crippen molar-refractivity contribution in [3.8, 4) is 0 Å². The lowest BCUT2D eigenvalue weighted by Gasteiger charge is -2.20. The molecular weight excluding hydrogens is 188 g/mol. The first-order valence-electron chi connectivity index (χ1n) is 5.28. The molecule has 82 valence electrons. The lowest BCUT2D eigenvalue weighted by atomic mass is 10.2. The Kier molecular flexibility index (Phi) is 4.16. The highest BCUT2D eigenvalue weighted by Gasteiger charge is 2.10. The number of hydrogen-bond acceptors (Lipinski definition) is 1. The summed E-state index contributed by atoms with van der Waals surface area (Å²) in [5, 5.41) is 0. The van der Waals surface area contributed by atoms with Crippen LogP contribution >= 0.6 is 0 Å². The van der Waals surface area contributed by atoms with Crippen LogP contribution in [0.1, 0.15) is 25.3 Å². The monoisotopic (exact) mass is 206 g/mol. The van der Waals surface area contributed by atoms with E-state index in [0.29, 0.717) is 6.54 Å². The highest BCUT2D eigenvalue weighted by Crippen LogP contribution is 2.16. The van der Waals surface area contributed by atoms with Crippen molar-refractivity contribution in [2.24, 2.45) is 5.73 Å². The van der Waals surface area contributed by atoms with Gasteiger partial charge in [-0.1, -0.05) is 25.5 Å². The first kappa shape index (κ1) is 11.6. The molecule has 0 heterocycles. The predicted molar refractivity (Wildman–Crippen MR) is 63.0 cm³/mol. The number of amides is 2. The van der Waals surface area contributed by atoms with E-state index in [1.807, 2.05) is 31.2 Å². The van der Waals surface area contributed by atoms with Crippen LogP contribution in [0.15, 0.2) is 24.3 Å². The van der Waals surface area contributed by atoms with Gasteiger partial charge in [-0.25, -0.2) is 4.79 Å². The molecule has 0 aliphatic carbocycles. The van der Waals surface area contributed by atoms with E-state index in [2.05, 4.69) is 6.92 Å². The summed E-state index contributed by atoms with van der Waals surface area (Å²) >= 11 is 0. The van der Waals surface area contributed by atoms with Crippen molar-refractivity contribution in [1.82, 2.24) is 0 Å². The van der Waals surface area contributed by atoms with Crippen LogP contribution in [0.5, 0.6) is 0 Å². The standard InChI is InChI=1S/C12H18N2O/c1-3-4-8-14(12(13)15)11-7-5-6-10(2)9-11/h5-7,9H,3-4,8H2,1-2H3,(H2,13,15). The number of nitrogens with zero attached hydrogens (tertiary/aromatic N) is 1. The van der Waals surface area contributed by atoms with Gasteiger partial charge in [0.25, 0.3) is 0 Å². The van der Waals surface area contributed by atoms with Gasteiger partial charge >= 0.3 is 6.03 Å². The molecule has 0 saturated carbocycles. The topological polar surface area (TPSA) is 46.3 Å².